The normalized spacial score (nSPS) is 11.6. The fourth-order valence-corrected chi connectivity index (χ4v) is 2.71. The third-order valence-electron chi connectivity index (χ3n) is 4.24. The van der Waals surface area contributed by atoms with Crippen molar-refractivity contribution in [3.63, 3.8) is 0 Å². The number of carbonyl (C=O) groups excluding carboxylic acids is 1. The molecule has 0 aliphatic rings. The highest BCUT2D eigenvalue weighted by atomic mass is 16.5. The highest BCUT2D eigenvalue weighted by Crippen LogP contribution is 2.22. The van der Waals surface area contributed by atoms with Crippen LogP contribution in [0.15, 0.2) is 59.7 Å². The van der Waals surface area contributed by atoms with Gasteiger partial charge in [0.05, 0.1) is 5.69 Å². The molecule has 0 saturated heterocycles. The first-order valence-corrected chi connectivity index (χ1v) is 9.49. The first-order chi connectivity index (χ1) is 12.9. The van der Waals surface area contributed by atoms with Gasteiger partial charge in [-0.25, -0.2) is 4.79 Å². The van der Waals surface area contributed by atoms with Crippen LogP contribution >= 0.6 is 0 Å². The maximum absolute atomic E-state index is 12.6. The van der Waals surface area contributed by atoms with Crippen molar-refractivity contribution in [2.45, 2.75) is 53.5 Å². The minimum atomic E-state index is -0.341. The lowest BCUT2D eigenvalue weighted by Crippen LogP contribution is -2.15. The third-order valence-corrected chi connectivity index (χ3v) is 4.24. The summed E-state index contributed by atoms with van der Waals surface area (Å²) in [6.45, 7) is 10.6. The van der Waals surface area contributed by atoms with Crippen LogP contribution in [0.2, 0.25) is 0 Å². The Morgan fingerprint density at radius 2 is 1.85 bits per heavy atom. The van der Waals surface area contributed by atoms with E-state index in [9.17, 15) is 4.79 Å². The molecular weight excluding hydrogens is 336 g/mol. The van der Waals surface area contributed by atoms with Gasteiger partial charge >= 0.3 is 5.97 Å². The van der Waals surface area contributed by atoms with Gasteiger partial charge in [-0.05, 0) is 59.6 Å². The number of aromatic nitrogens is 2. The summed E-state index contributed by atoms with van der Waals surface area (Å²) in [4.78, 5) is 12.6. The van der Waals surface area contributed by atoms with E-state index in [0.29, 0.717) is 5.69 Å². The molecule has 4 heteroatoms. The number of hydrogen-bond acceptors (Lipinski definition) is 3. The van der Waals surface area contributed by atoms with Crippen LogP contribution in [0.5, 0.6) is 0 Å². The highest BCUT2D eigenvalue weighted by molar-refractivity contribution is 5.89. The molecule has 0 spiro atoms. The van der Waals surface area contributed by atoms with Crippen molar-refractivity contribution in [2.75, 3.05) is 6.61 Å². The molecule has 0 radical (unpaired) electrons. The van der Waals surface area contributed by atoms with Crippen molar-refractivity contribution in [1.82, 2.24) is 9.78 Å². The van der Waals surface area contributed by atoms with E-state index in [4.69, 9.17) is 4.74 Å². The second kappa shape index (κ2) is 9.91. The predicted octanol–water partition coefficient (Wildman–Crippen LogP) is 5.98. The molecule has 0 aliphatic heterocycles. The summed E-state index contributed by atoms with van der Waals surface area (Å²) in [6.07, 6.45) is 6.19. The average Bonchev–Trinajstić information content (AvgIpc) is 3.08. The number of esters is 1. The van der Waals surface area contributed by atoms with Crippen LogP contribution in [-0.2, 0) is 4.74 Å². The van der Waals surface area contributed by atoms with E-state index in [1.54, 1.807) is 4.68 Å². The zero-order valence-corrected chi connectivity index (χ0v) is 17.0. The molecule has 1 heterocycles. The van der Waals surface area contributed by atoms with Crippen molar-refractivity contribution in [1.29, 1.82) is 0 Å². The lowest BCUT2D eigenvalue weighted by molar-refractivity contribution is 0.0532. The van der Waals surface area contributed by atoms with Crippen LogP contribution in [0.3, 0.4) is 0 Å². The molecule has 2 rings (SSSR count). The van der Waals surface area contributed by atoms with Crippen LogP contribution < -0.4 is 0 Å². The highest BCUT2D eigenvalue weighted by Gasteiger charge is 2.19. The molecule has 0 unspecified atom stereocenters. The second-order valence-corrected chi connectivity index (χ2v) is 7.29. The topological polar surface area (TPSA) is 44.1 Å². The third kappa shape index (κ3) is 6.24. The fourth-order valence-electron chi connectivity index (χ4n) is 2.71. The lowest BCUT2D eigenvalue weighted by atomic mass is 10.1. The Hall–Kier alpha value is -2.62. The van der Waals surface area contributed by atoms with E-state index >= 15 is 0 Å². The molecule has 2 aromatic rings. The molecule has 0 atom stereocenters. The second-order valence-electron chi connectivity index (χ2n) is 7.29. The van der Waals surface area contributed by atoms with E-state index in [1.807, 2.05) is 56.3 Å². The van der Waals surface area contributed by atoms with Crippen LogP contribution in [-0.4, -0.2) is 22.4 Å². The standard InChI is InChI=1S/C23H30N2O2/c1-17(2)10-9-11-19(5)14-15-27-23(26)22-16-21(24-25(22)18(3)4)20-12-7-6-8-13-20/h6-8,10,12-14,16,18H,9,11,15H2,1-5H3/b19-14+. The molecule has 144 valence electrons. The molecule has 0 fully saturated rings. The van der Waals surface area contributed by atoms with Crippen LogP contribution in [0.1, 0.15) is 64.0 Å². The number of rotatable bonds is 8. The van der Waals surface area contributed by atoms with Gasteiger partial charge in [0.25, 0.3) is 0 Å². The molecule has 4 nitrogen and oxygen atoms in total. The molecule has 0 amide bonds. The van der Waals surface area contributed by atoms with Gasteiger partial charge in [0.15, 0.2) is 0 Å². The first-order valence-electron chi connectivity index (χ1n) is 9.49. The van der Waals surface area contributed by atoms with E-state index in [2.05, 4.69) is 31.9 Å². The Balaban J connectivity index is 2.05. The fraction of sp³-hybridized carbons (Fsp3) is 0.391. The largest absolute Gasteiger partial charge is 0.457 e. The van der Waals surface area contributed by atoms with Crippen molar-refractivity contribution in [3.8, 4) is 11.3 Å². The van der Waals surface area contributed by atoms with Crippen molar-refractivity contribution in [3.05, 3.63) is 65.4 Å². The van der Waals surface area contributed by atoms with Gasteiger partial charge in [0.2, 0.25) is 0 Å². The van der Waals surface area contributed by atoms with Gasteiger partial charge in [-0.3, -0.25) is 4.68 Å². The Morgan fingerprint density at radius 1 is 1.15 bits per heavy atom. The monoisotopic (exact) mass is 366 g/mol. The first kappa shape index (κ1) is 20.7. The van der Waals surface area contributed by atoms with E-state index in [1.165, 1.54) is 11.1 Å². The maximum atomic E-state index is 12.6. The summed E-state index contributed by atoms with van der Waals surface area (Å²) in [7, 11) is 0. The summed E-state index contributed by atoms with van der Waals surface area (Å²) in [5.41, 5.74) is 4.80. The van der Waals surface area contributed by atoms with Crippen molar-refractivity contribution >= 4 is 5.97 Å². The van der Waals surface area contributed by atoms with Gasteiger partial charge in [-0.1, -0.05) is 47.6 Å². The van der Waals surface area contributed by atoms with Crippen molar-refractivity contribution < 1.29 is 9.53 Å². The molecule has 1 aromatic heterocycles. The van der Waals surface area contributed by atoms with Crippen LogP contribution in [0.4, 0.5) is 0 Å². The minimum absolute atomic E-state index is 0.0753. The van der Waals surface area contributed by atoms with Crippen LogP contribution in [0.25, 0.3) is 11.3 Å². The van der Waals surface area contributed by atoms with E-state index in [-0.39, 0.29) is 18.6 Å². The van der Waals surface area contributed by atoms with Gasteiger partial charge in [0, 0.05) is 11.6 Å². The van der Waals surface area contributed by atoms with Gasteiger partial charge in [0.1, 0.15) is 12.3 Å². The molecule has 27 heavy (non-hydrogen) atoms. The van der Waals surface area contributed by atoms with Gasteiger partial charge < -0.3 is 4.74 Å². The predicted molar refractivity (Wildman–Crippen MR) is 111 cm³/mol. The zero-order valence-electron chi connectivity index (χ0n) is 17.0. The summed E-state index contributed by atoms with van der Waals surface area (Å²) in [5.74, 6) is -0.341. The molecular formula is C23H30N2O2. The number of hydrogen-bond donors (Lipinski definition) is 0. The average molecular weight is 367 g/mol. The molecule has 0 saturated carbocycles. The van der Waals surface area contributed by atoms with Gasteiger partial charge in [-0.15, -0.1) is 0 Å². The summed E-state index contributed by atoms with van der Waals surface area (Å²) >= 11 is 0. The Morgan fingerprint density at radius 3 is 2.48 bits per heavy atom. The summed E-state index contributed by atoms with van der Waals surface area (Å²) in [5, 5.41) is 4.60. The number of carbonyl (C=O) groups is 1. The quantitative estimate of drug-likeness (QED) is 0.426. The summed E-state index contributed by atoms with van der Waals surface area (Å²) < 4.78 is 7.21. The SMILES string of the molecule is CC(C)=CCC/C(C)=C/COC(=O)c1cc(-c2ccccc2)nn1C(C)C. The van der Waals surface area contributed by atoms with Gasteiger partial charge in [-0.2, -0.15) is 5.10 Å². The van der Waals surface area contributed by atoms with Crippen molar-refractivity contribution in [2.24, 2.45) is 0 Å². The minimum Gasteiger partial charge on any atom is -0.457 e. The number of ether oxygens (including phenoxy) is 1. The number of nitrogens with zero attached hydrogens (tertiary/aromatic N) is 2. The Labute approximate surface area is 162 Å². The molecule has 1 aromatic carbocycles. The smallest absolute Gasteiger partial charge is 0.356 e. The number of benzene rings is 1. The Kier molecular flexibility index (Phi) is 7.59. The maximum Gasteiger partial charge on any atom is 0.356 e. The molecule has 0 aliphatic carbocycles. The van der Waals surface area contributed by atoms with Crippen LogP contribution in [0, 0.1) is 0 Å². The Bertz CT molecular complexity index is 810. The molecule has 0 bridgehead atoms. The summed E-state index contributed by atoms with van der Waals surface area (Å²) in [6, 6.07) is 11.7. The molecule has 0 N–H and O–H groups in total. The lowest BCUT2D eigenvalue weighted by Gasteiger charge is -2.10. The van der Waals surface area contributed by atoms with E-state index < -0.39 is 0 Å². The zero-order chi connectivity index (χ0) is 19.8. The van der Waals surface area contributed by atoms with E-state index in [0.717, 1.165) is 24.1 Å². The number of allylic oxidation sites excluding steroid dienone is 3.